The number of anilines is 1. The molecule has 0 unspecified atom stereocenters. The average molecular weight is 368 g/mol. The van der Waals surface area contributed by atoms with Crippen LogP contribution >= 0.6 is 11.6 Å². The molecule has 0 fully saturated rings. The largest absolute Gasteiger partial charge is 0.496 e. The second-order valence-corrected chi connectivity index (χ2v) is 7.88. The van der Waals surface area contributed by atoms with Crippen LogP contribution in [-0.2, 0) is 21.1 Å². The van der Waals surface area contributed by atoms with E-state index in [0.717, 1.165) is 17.4 Å². The fraction of sp³-hybridized carbons (Fsp3) is 0.235. The summed E-state index contributed by atoms with van der Waals surface area (Å²) in [6.07, 6.45) is 1.18. The smallest absolute Gasteiger partial charge is 0.228 e. The van der Waals surface area contributed by atoms with Crippen molar-refractivity contribution in [1.29, 1.82) is 0 Å². The predicted octanol–water partition coefficient (Wildman–Crippen LogP) is 3.24. The summed E-state index contributed by atoms with van der Waals surface area (Å²) in [5.41, 5.74) is 2.01. The number of methoxy groups -OCH3 is 1. The van der Waals surface area contributed by atoms with Crippen LogP contribution in [0.25, 0.3) is 0 Å². The Balaban J connectivity index is 2.23. The van der Waals surface area contributed by atoms with Gasteiger partial charge in [-0.25, -0.2) is 8.42 Å². The fourth-order valence-corrected chi connectivity index (χ4v) is 3.06. The van der Waals surface area contributed by atoms with Crippen LogP contribution in [0, 0.1) is 6.92 Å². The molecule has 0 radical (unpaired) electrons. The van der Waals surface area contributed by atoms with Crippen LogP contribution in [0.2, 0.25) is 5.02 Å². The first-order chi connectivity index (χ1) is 11.2. The van der Waals surface area contributed by atoms with Gasteiger partial charge in [-0.1, -0.05) is 29.3 Å². The van der Waals surface area contributed by atoms with Crippen molar-refractivity contribution in [2.24, 2.45) is 0 Å². The molecule has 24 heavy (non-hydrogen) atoms. The molecule has 7 heteroatoms. The minimum absolute atomic E-state index is 0.0876. The van der Waals surface area contributed by atoms with Crippen LogP contribution in [0.4, 0.5) is 5.69 Å². The maximum atomic E-state index is 12.3. The highest BCUT2D eigenvalue weighted by atomic mass is 35.5. The van der Waals surface area contributed by atoms with Gasteiger partial charge in [0.05, 0.1) is 29.1 Å². The average Bonchev–Trinajstić information content (AvgIpc) is 2.48. The van der Waals surface area contributed by atoms with E-state index in [4.69, 9.17) is 16.3 Å². The number of hydrogen-bond acceptors (Lipinski definition) is 4. The molecule has 0 aliphatic carbocycles. The summed E-state index contributed by atoms with van der Waals surface area (Å²) in [5, 5.41) is 2.92. The summed E-state index contributed by atoms with van der Waals surface area (Å²) >= 11 is 6.04. The van der Waals surface area contributed by atoms with Gasteiger partial charge in [0.15, 0.2) is 9.84 Å². The van der Waals surface area contributed by atoms with E-state index >= 15 is 0 Å². The lowest BCUT2D eigenvalue weighted by Crippen LogP contribution is -2.15. The van der Waals surface area contributed by atoms with Crippen LogP contribution in [0.3, 0.4) is 0 Å². The molecule has 5 nitrogen and oxygen atoms in total. The quantitative estimate of drug-likeness (QED) is 0.880. The number of aryl methyl sites for hydroxylation is 1. The Morgan fingerprint density at radius 1 is 1.21 bits per heavy atom. The summed E-state index contributed by atoms with van der Waals surface area (Å²) in [4.78, 5) is 12.4. The highest BCUT2D eigenvalue weighted by Gasteiger charge is 2.14. The second-order valence-electron chi connectivity index (χ2n) is 5.45. The number of carbonyl (C=O) groups is 1. The lowest BCUT2D eigenvalue weighted by molar-refractivity contribution is -0.115. The zero-order chi connectivity index (χ0) is 17.9. The summed E-state index contributed by atoms with van der Waals surface area (Å²) in [5.74, 6) is 0.304. The lowest BCUT2D eigenvalue weighted by Gasteiger charge is -2.11. The zero-order valence-electron chi connectivity index (χ0n) is 13.6. The number of nitrogens with one attached hydrogen (secondary N) is 1. The van der Waals surface area contributed by atoms with Gasteiger partial charge in [0.2, 0.25) is 5.91 Å². The Morgan fingerprint density at radius 2 is 1.92 bits per heavy atom. The van der Waals surface area contributed by atoms with Crippen molar-refractivity contribution in [2.75, 3.05) is 18.7 Å². The minimum Gasteiger partial charge on any atom is -0.496 e. The Labute approximate surface area is 146 Å². The van der Waals surface area contributed by atoms with Crippen molar-refractivity contribution in [3.8, 4) is 5.75 Å². The molecule has 0 saturated heterocycles. The SMILES string of the molecule is COc1ccc(C)cc1CC(=O)Nc1cc(S(C)(=O)=O)ccc1Cl. The molecule has 1 amide bonds. The summed E-state index contributed by atoms with van der Waals surface area (Å²) in [6, 6.07) is 9.76. The van der Waals surface area contributed by atoms with E-state index in [-0.39, 0.29) is 27.9 Å². The van der Waals surface area contributed by atoms with Gasteiger partial charge in [-0.15, -0.1) is 0 Å². The van der Waals surface area contributed by atoms with Gasteiger partial charge in [-0.2, -0.15) is 0 Å². The van der Waals surface area contributed by atoms with Gasteiger partial charge in [-0.05, 0) is 31.2 Å². The minimum atomic E-state index is -3.38. The molecule has 0 atom stereocenters. The maximum absolute atomic E-state index is 12.3. The van der Waals surface area contributed by atoms with Gasteiger partial charge < -0.3 is 10.1 Å². The number of amides is 1. The molecule has 2 rings (SSSR count). The second kappa shape index (κ2) is 7.23. The molecule has 0 heterocycles. The number of sulfone groups is 1. The molecule has 0 aliphatic rings. The van der Waals surface area contributed by atoms with Gasteiger partial charge in [0, 0.05) is 11.8 Å². The summed E-state index contributed by atoms with van der Waals surface area (Å²) < 4.78 is 28.5. The molecule has 1 N–H and O–H groups in total. The maximum Gasteiger partial charge on any atom is 0.228 e. The van der Waals surface area contributed by atoms with Gasteiger partial charge in [0.25, 0.3) is 0 Å². The monoisotopic (exact) mass is 367 g/mol. The highest BCUT2D eigenvalue weighted by Crippen LogP contribution is 2.26. The molecule has 0 spiro atoms. The van der Waals surface area contributed by atoms with Crippen molar-refractivity contribution in [2.45, 2.75) is 18.2 Å². The van der Waals surface area contributed by atoms with E-state index in [1.807, 2.05) is 19.1 Å². The van der Waals surface area contributed by atoms with E-state index < -0.39 is 9.84 Å². The van der Waals surface area contributed by atoms with Crippen LogP contribution in [0.5, 0.6) is 5.75 Å². The normalized spacial score (nSPS) is 11.2. The lowest BCUT2D eigenvalue weighted by atomic mass is 10.1. The first-order valence-electron chi connectivity index (χ1n) is 7.13. The Morgan fingerprint density at radius 3 is 2.54 bits per heavy atom. The fourth-order valence-electron chi connectivity index (χ4n) is 2.24. The standard InChI is InChI=1S/C17H18ClNO4S/c1-11-4-7-16(23-2)12(8-11)9-17(20)19-15-10-13(24(3,21)22)5-6-14(15)18/h4-8,10H,9H2,1-3H3,(H,19,20). The Hall–Kier alpha value is -2.05. The molecular weight excluding hydrogens is 350 g/mol. The number of hydrogen-bond donors (Lipinski definition) is 1. The number of benzene rings is 2. The zero-order valence-corrected chi connectivity index (χ0v) is 15.2. The molecule has 128 valence electrons. The summed E-state index contributed by atoms with van der Waals surface area (Å²) in [7, 11) is -1.84. The number of halogens is 1. The number of rotatable bonds is 5. The predicted molar refractivity (Wildman–Crippen MR) is 94.6 cm³/mol. The van der Waals surface area contributed by atoms with Crippen LogP contribution in [0.1, 0.15) is 11.1 Å². The number of ether oxygens (including phenoxy) is 1. The third kappa shape index (κ3) is 4.49. The number of carbonyl (C=O) groups excluding carboxylic acids is 1. The first-order valence-corrected chi connectivity index (χ1v) is 9.40. The highest BCUT2D eigenvalue weighted by molar-refractivity contribution is 7.90. The summed E-state index contributed by atoms with van der Waals surface area (Å²) in [6.45, 7) is 1.92. The van der Waals surface area contributed by atoms with Crippen LogP contribution in [-0.4, -0.2) is 27.7 Å². The Kier molecular flexibility index (Phi) is 5.51. The first kappa shape index (κ1) is 18.3. The van der Waals surface area contributed by atoms with E-state index in [9.17, 15) is 13.2 Å². The van der Waals surface area contributed by atoms with E-state index in [1.54, 1.807) is 13.2 Å². The molecule has 0 aromatic heterocycles. The molecule has 0 saturated carbocycles. The van der Waals surface area contributed by atoms with E-state index in [1.165, 1.54) is 18.2 Å². The van der Waals surface area contributed by atoms with E-state index in [0.29, 0.717) is 5.75 Å². The molecule has 0 aliphatic heterocycles. The van der Waals surface area contributed by atoms with Crippen LogP contribution < -0.4 is 10.1 Å². The molecule has 0 bridgehead atoms. The van der Waals surface area contributed by atoms with Crippen molar-refractivity contribution in [1.82, 2.24) is 0 Å². The van der Waals surface area contributed by atoms with Crippen molar-refractivity contribution in [3.63, 3.8) is 0 Å². The van der Waals surface area contributed by atoms with Gasteiger partial charge >= 0.3 is 0 Å². The topological polar surface area (TPSA) is 72.5 Å². The van der Waals surface area contributed by atoms with Crippen molar-refractivity contribution in [3.05, 3.63) is 52.5 Å². The van der Waals surface area contributed by atoms with Gasteiger partial charge in [0.1, 0.15) is 5.75 Å². The molecular formula is C17H18ClNO4S. The third-order valence-corrected chi connectivity index (χ3v) is 4.87. The molecule has 2 aromatic carbocycles. The van der Waals surface area contributed by atoms with Crippen LogP contribution in [0.15, 0.2) is 41.3 Å². The van der Waals surface area contributed by atoms with Crippen molar-refractivity contribution < 1.29 is 17.9 Å². The van der Waals surface area contributed by atoms with Gasteiger partial charge in [-0.3, -0.25) is 4.79 Å². The molecule has 2 aromatic rings. The third-order valence-electron chi connectivity index (χ3n) is 3.43. The van der Waals surface area contributed by atoms with E-state index in [2.05, 4.69) is 5.32 Å². The Bertz CT molecular complexity index is 878. The van der Waals surface area contributed by atoms with Crippen molar-refractivity contribution >= 4 is 33.0 Å².